The number of nitrogens with one attached hydrogen (secondary N) is 1. The number of anilines is 1. The number of carbonyl (C=O) groups is 1. The maximum atomic E-state index is 14.1. The standard InChI is InChI=1S/C23H24ClFN4O3S/c1-14(22(30)26-20-10-7-16(24)12-19(20)25)33-23-28-27-21(15-5-8-17(31-2)9-6-15)29(23)13-18-4-3-11-32-18/h5-10,12,14,18H,3-4,11,13H2,1-2H3,(H,26,30). The van der Waals surface area contributed by atoms with Crippen molar-refractivity contribution < 1.29 is 18.7 Å². The van der Waals surface area contributed by atoms with Crippen molar-refractivity contribution in [2.75, 3.05) is 19.0 Å². The molecule has 2 unspecified atom stereocenters. The van der Waals surface area contributed by atoms with Crippen molar-refractivity contribution in [1.29, 1.82) is 0 Å². The molecule has 1 aromatic heterocycles. The van der Waals surface area contributed by atoms with Gasteiger partial charge < -0.3 is 14.8 Å². The highest BCUT2D eigenvalue weighted by molar-refractivity contribution is 8.00. The average molecular weight is 491 g/mol. The van der Waals surface area contributed by atoms with Gasteiger partial charge in [-0.25, -0.2) is 4.39 Å². The van der Waals surface area contributed by atoms with E-state index in [1.807, 2.05) is 28.8 Å². The zero-order chi connectivity index (χ0) is 23.4. The molecule has 174 valence electrons. The molecule has 0 spiro atoms. The van der Waals surface area contributed by atoms with Gasteiger partial charge in [0.05, 0.1) is 30.7 Å². The number of hydrogen-bond acceptors (Lipinski definition) is 6. The molecule has 1 N–H and O–H groups in total. The number of benzene rings is 2. The third-order valence-electron chi connectivity index (χ3n) is 5.32. The molecule has 1 aliphatic heterocycles. The lowest BCUT2D eigenvalue weighted by atomic mass is 10.2. The summed E-state index contributed by atoms with van der Waals surface area (Å²) >= 11 is 7.05. The van der Waals surface area contributed by atoms with E-state index >= 15 is 0 Å². The number of ether oxygens (including phenoxy) is 2. The predicted octanol–water partition coefficient (Wildman–Crippen LogP) is 5.04. The van der Waals surface area contributed by atoms with Crippen LogP contribution in [0.2, 0.25) is 5.02 Å². The van der Waals surface area contributed by atoms with E-state index in [-0.39, 0.29) is 22.7 Å². The highest BCUT2D eigenvalue weighted by atomic mass is 35.5. The maximum Gasteiger partial charge on any atom is 0.237 e. The largest absolute Gasteiger partial charge is 0.497 e. The molecule has 0 aliphatic carbocycles. The molecule has 3 aromatic rings. The topological polar surface area (TPSA) is 78.3 Å². The quantitative estimate of drug-likeness (QED) is 0.445. The molecule has 2 heterocycles. The van der Waals surface area contributed by atoms with Crippen molar-refractivity contribution in [1.82, 2.24) is 14.8 Å². The molecule has 0 saturated carbocycles. The van der Waals surface area contributed by atoms with E-state index < -0.39 is 11.1 Å². The summed E-state index contributed by atoms with van der Waals surface area (Å²) < 4.78 is 27.1. The van der Waals surface area contributed by atoms with E-state index in [2.05, 4.69) is 15.5 Å². The second-order valence-corrected chi connectivity index (χ2v) is 9.40. The van der Waals surface area contributed by atoms with Crippen LogP contribution in [0.25, 0.3) is 11.4 Å². The zero-order valence-corrected chi connectivity index (χ0v) is 19.8. The van der Waals surface area contributed by atoms with E-state index in [0.29, 0.717) is 17.5 Å². The highest BCUT2D eigenvalue weighted by Gasteiger charge is 2.25. The Hall–Kier alpha value is -2.62. The van der Waals surface area contributed by atoms with Crippen LogP contribution in [-0.2, 0) is 16.1 Å². The molecule has 1 saturated heterocycles. The van der Waals surface area contributed by atoms with Gasteiger partial charge in [-0.2, -0.15) is 0 Å². The summed E-state index contributed by atoms with van der Waals surface area (Å²) in [5.41, 5.74) is 0.963. The Balaban J connectivity index is 1.55. The summed E-state index contributed by atoms with van der Waals surface area (Å²) in [6, 6.07) is 11.7. The first kappa shape index (κ1) is 23.5. The molecule has 1 amide bonds. The van der Waals surface area contributed by atoms with Gasteiger partial charge in [0.2, 0.25) is 5.91 Å². The minimum Gasteiger partial charge on any atom is -0.497 e. The second kappa shape index (κ2) is 10.5. The van der Waals surface area contributed by atoms with Crippen LogP contribution in [0.5, 0.6) is 5.75 Å². The molecular formula is C23H24ClFN4O3S. The molecular weight excluding hydrogens is 467 g/mol. The Morgan fingerprint density at radius 1 is 1.33 bits per heavy atom. The first-order valence-electron chi connectivity index (χ1n) is 10.6. The number of nitrogens with zero attached hydrogens (tertiary/aromatic N) is 3. The van der Waals surface area contributed by atoms with Crippen molar-refractivity contribution in [3.8, 4) is 17.1 Å². The van der Waals surface area contributed by atoms with Gasteiger partial charge in [0.25, 0.3) is 0 Å². The van der Waals surface area contributed by atoms with Crippen molar-refractivity contribution >= 4 is 35.0 Å². The molecule has 4 rings (SSSR count). The van der Waals surface area contributed by atoms with Crippen molar-refractivity contribution in [2.24, 2.45) is 0 Å². The summed E-state index contributed by atoms with van der Waals surface area (Å²) in [6.07, 6.45) is 2.03. The van der Waals surface area contributed by atoms with Gasteiger partial charge in [-0.05, 0) is 62.2 Å². The average Bonchev–Trinajstić information content (AvgIpc) is 3.46. The molecule has 2 atom stereocenters. The molecule has 0 radical (unpaired) electrons. The fourth-order valence-corrected chi connectivity index (χ4v) is 4.54. The number of halogens is 2. The molecule has 0 bridgehead atoms. The second-order valence-electron chi connectivity index (χ2n) is 7.65. The number of carbonyl (C=O) groups excluding carboxylic acids is 1. The van der Waals surface area contributed by atoms with Gasteiger partial charge in [0.1, 0.15) is 11.6 Å². The minimum atomic E-state index is -0.587. The lowest BCUT2D eigenvalue weighted by molar-refractivity contribution is -0.115. The lowest BCUT2D eigenvalue weighted by Crippen LogP contribution is -2.24. The SMILES string of the molecule is COc1ccc(-c2nnc(SC(C)C(=O)Nc3ccc(Cl)cc3F)n2CC2CCCO2)cc1. The van der Waals surface area contributed by atoms with Crippen molar-refractivity contribution in [3.63, 3.8) is 0 Å². The Morgan fingerprint density at radius 2 is 2.12 bits per heavy atom. The van der Waals surface area contributed by atoms with E-state index in [0.717, 1.165) is 36.8 Å². The number of hydrogen-bond donors (Lipinski definition) is 1. The number of amides is 1. The van der Waals surface area contributed by atoms with Crippen LogP contribution in [0.1, 0.15) is 19.8 Å². The van der Waals surface area contributed by atoms with Gasteiger partial charge in [0.15, 0.2) is 11.0 Å². The van der Waals surface area contributed by atoms with Gasteiger partial charge in [-0.15, -0.1) is 10.2 Å². The summed E-state index contributed by atoms with van der Waals surface area (Å²) in [5, 5.41) is 11.7. The highest BCUT2D eigenvalue weighted by Crippen LogP contribution is 2.30. The summed E-state index contributed by atoms with van der Waals surface area (Å²) in [5.74, 6) is 0.501. The molecule has 7 nitrogen and oxygen atoms in total. The van der Waals surface area contributed by atoms with Crippen LogP contribution >= 0.6 is 23.4 Å². The normalized spacial score (nSPS) is 16.5. The summed E-state index contributed by atoms with van der Waals surface area (Å²) in [4.78, 5) is 12.7. The smallest absolute Gasteiger partial charge is 0.237 e. The van der Waals surface area contributed by atoms with E-state index in [4.69, 9.17) is 21.1 Å². The van der Waals surface area contributed by atoms with Gasteiger partial charge in [-0.1, -0.05) is 23.4 Å². The van der Waals surface area contributed by atoms with E-state index in [9.17, 15) is 9.18 Å². The number of rotatable bonds is 8. The molecule has 2 aromatic carbocycles. The fraction of sp³-hybridized carbons (Fsp3) is 0.348. The fourth-order valence-electron chi connectivity index (χ4n) is 3.52. The molecule has 1 fully saturated rings. The number of aromatic nitrogens is 3. The van der Waals surface area contributed by atoms with Crippen LogP contribution in [0.4, 0.5) is 10.1 Å². The zero-order valence-electron chi connectivity index (χ0n) is 18.3. The third kappa shape index (κ3) is 5.66. The summed E-state index contributed by atoms with van der Waals surface area (Å²) in [6.45, 7) is 3.06. The van der Waals surface area contributed by atoms with E-state index in [1.54, 1.807) is 14.0 Å². The van der Waals surface area contributed by atoms with Crippen LogP contribution in [0, 0.1) is 5.82 Å². The molecule has 1 aliphatic rings. The number of thioether (sulfide) groups is 1. The molecule has 33 heavy (non-hydrogen) atoms. The van der Waals surface area contributed by atoms with Crippen LogP contribution in [0.3, 0.4) is 0 Å². The third-order valence-corrected chi connectivity index (χ3v) is 6.63. The monoisotopic (exact) mass is 490 g/mol. The number of methoxy groups -OCH3 is 1. The minimum absolute atomic E-state index is 0.0599. The Morgan fingerprint density at radius 3 is 2.79 bits per heavy atom. The summed E-state index contributed by atoms with van der Waals surface area (Å²) in [7, 11) is 1.62. The van der Waals surface area contributed by atoms with Gasteiger partial charge in [-0.3, -0.25) is 9.36 Å². The molecule has 10 heteroatoms. The first-order chi connectivity index (χ1) is 15.9. The van der Waals surface area contributed by atoms with Crippen LogP contribution in [-0.4, -0.2) is 45.7 Å². The Bertz CT molecular complexity index is 1120. The van der Waals surface area contributed by atoms with Crippen molar-refractivity contribution in [3.05, 3.63) is 53.3 Å². The Kier molecular flexibility index (Phi) is 7.52. The Labute approximate surface area is 200 Å². The van der Waals surface area contributed by atoms with Gasteiger partial charge in [0, 0.05) is 17.2 Å². The maximum absolute atomic E-state index is 14.1. The van der Waals surface area contributed by atoms with Crippen LogP contribution in [0.15, 0.2) is 47.6 Å². The van der Waals surface area contributed by atoms with Gasteiger partial charge >= 0.3 is 0 Å². The van der Waals surface area contributed by atoms with Crippen LogP contribution < -0.4 is 10.1 Å². The predicted molar refractivity (Wildman–Crippen MR) is 126 cm³/mol. The van der Waals surface area contributed by atoms with Crippen molar-refractivity contribution in [2.45, 2.75) is 42.8 Å². The van der Waals surface area contributed by atoms with E-state index in [1.165, 1.54) is 23.9 Å². The first-order valence-corrected chi connectivity index (χ1v) is 11.8. The lowest BCUT2D eigenvalue weighted by Gasteiger charge is -2.17.